The molecule has 1 amide bonds. The SMILES string of the molecule is CC(C)(C)c1cc(/C=N/NC(=O)CCc2cc(C(C)(C)C)c(O)c(C(C)(C)C)c2)cc(C(C)(C)C)c1O. The molecule has 0 aliphatic heterocycles. The molecule has 0 heterocycles. The Hall–Kier alpha value is -2.82. The summed E-state index contributed by atoms with van der Waals surface area (Å²) in [7, 11) is 0. The van der Waals surface area contributed by atoms with E-state index in [0.29, 0.717) is 17.9 Å². The van der Waals surface area contributed by atoms with E-state index in [2.05, 4.69) is 93.6 Å². The third-order valence-corrected chi connectivity index (χ3v) is 6.58. The highest BCUT2D eigenvalue weighted by Gasteiger charge is 2.27. The highest BCUT2D eigenvalue weighted by atomic mass is 16.3. The van der Waals surface area contributed by atoms with Gasteiger partial charge in [0, 0.05) is 17.5 Å². The first kappa shape index (κ1) is 30.4. The van der Waals surface area contributed by atoms with Crippen molar-refractivity contribution in [1.29, 1.82) is 0 Å². The Morgan fingerprint density at radius 1 is 0.703 bits per heavy atom. The summed E-state index contributed by atoms with van der Waals surface area (Å²) in [6.45, 7) is 24.9. The number of rotatable bonds is 5. The van der Waals surface area contributed by atoms with Crippen molar-refractivity contribution < 1.29 is 15.0 Å². The molecule has 0 bridgehead atoms. The second-order valence-corrected chi connectivity index (χ2v) is 14.3. The molecule has 0 spiro atoms. The first-order chi connectivity index (χ1) is 16.6. The van der Waals surface area contributed by atoms with Gasteiger partial charge in [-0.15, -0.1) is 0 Å². The summed E-state index contributed by atoms with van der Waals surface area (Å²) in [5, 5.41) is 26.0. The number of aryl methyl sites for hydroxylation is 1. The third-order valence-electron chi connectivity index (χ3n) is 6.58. The summed E-state index contributed by atoms with van der Waals surface area (Å²) in [4.78, 5) is 12.6. The van der Waals surface area contributed by atoms with Crippen LogP contribution in [0.15, 0.2) is 29.4 Å². The molecule has 0 unspecified atom stereocenters. The van der Waals surface area contributed by atoms with Crippen molar-refractivity contribution in [1.82, 2.24) is 5.43 Å². The molecule has 0 aliphatic carbocycles. The molecule has 5 heteroatoms. The van der Waals surface area contributed by atoms with Crippen molar-refractivity contribution in [2.75, 3.05) is 0 Å². The molecule has 0 atom stereocenters. The van der Waals surface area contributed by atoms with Crippen LogP contribution in [0.1, 0.15) is 123 Å². The quantitative estimate of drug-likeness (QED) is 0.291. The van der Waals surface area contributed by atoms with Gasteiger partial charge in [0.1, 0.15) is 11.5 Å². The normalized spacial score (nSPS) is 13.3. The van der Waals surface area contributed by atoms with Gasteiger partial charge >= 0.3 is 0 Å². The van der Waals surface area contributed by atoms with Gasteiger partial charge in [0.25, 0.3) is 0 Å². The minimum absolute atomic E-state index is 0.176. The fourth-order valence-electron chi connectivity index (χ4n) is 4.35. The Bertz CT molecular complexity index is 1090. The fourth-order valence-corrected chi connectivity index (χ4v) is 4.35. The molecule has 0 radical (unpaired) electrons. The van der Waals surface area contributed by atoms with E-state index in [1.165, 1.54) is 0 Å². The zero-order valence-electron chi connectivity index (χ0n) is 25.1. The van der Waals surface area contributed by atoms with Crippen molar-refractivity contribution >= 4 is 12.1 Å². The summed E-state index contributed by atoms with van der Waals surface area (Å²) in [5.74, 6) is 0.486. The van der Waals surface area contributed by atoms with Crippen LogP contribution in [0.2, 0.25) is 0 Å². The lowest BCUT2D eigenvalue weighted by Gasteiger charge is -2.28. The lowest BCUT2D eigenvalue weighted by atomic mass is 9.78. The number of nitrogens with zero attached hydrogens (tertiary/aromatic N) is 1. The number of carbonyl (C=O) groups is 1. The monoisotopic (exact) mass is 508 g/mol. The summed E-state index contributed by atoms with van der Waals surface area (Å²) < 4.78 is 0. The van der Waals surface area contributed by atoms with Crippen LogP contribution in [0.4, 0.5) is 0 Å². The Balaban J connectivity index is 2.23. The molecule has 2 aromatic carbocycles. The molecule has 2 rings (SSSR count). The maximum atomic E-state index is 12.6. The summed E-state index contributed by atoms with van der Waals surface area (Å²) in [6.07, 6.45) is 2.47. The second kappa shape index (κ2) is 10.5. The van der Waals surface area contributed by atoms with Crippen LogP contribution < -0.4 is 5.43 Å². The van der Waals surface area contributed by atoms with Crippen LogP contribution in [-0.2, 0) is 32.9 Å². The number of phenols is 2. The summed E-state index contributed by atoms with van der Waals surface area (Å²) in [6, 6.07) is 7.89. The molecule has 37 heavy (non-hydrogen) atoms. The van der Waals surface area contributed by atoms with Crippen molar-refractivity contribution in [3.05, 3.63) is 57.6 Å². The van der Waals surface area contributed by atoms with Gasteiger partial charge in [-0.05, 0) is 62.5 Å². The first-order valence-corrected chi connectivity index (χ1v) is 13.2. The first-order valence-electron chi connectivity index (χ1n) is 13.2. The van der Waals surface area contributed by atoms with Crippen LogP contribution in [0, 0.1) is 0 Å². The number of amides is 1. The molecule has 204 valence electrons. The number of hydrogen-bond acceptors (Lipinski definition) is 4. The summed E-state index contributed by atoms with van der Waals surface area (Å²) in [5.41, 5.74) is 7.09. The number of nitrogens with one attached hydrogen (secondary N) is 1. The van der Waals surface area contributed by atoms with Gasteiger partial charge in [0.05, 0.1) is 6.21 Å². The number of phenolic OH excluding ortho intramolecular Hbond substituents is 2. The number of hydrazone groups is 1. The Morgan fingerprint density at radius 3 is 1.41 bits per heavy atom. The van der Waals surface area contributed by atoms with Crippen LogP contribution >= 0.6 is 0 Å². The highest BCUT2D eigenvalue weighted by molar-refractivity contribution is 5.83. The van der Waals surface area contributed by atoms with Crippen molar-refractivity contribution in [3.8, 4) is 11.5 Å². The van der Waals surface area contributed by atoms with Crippen LogP contribution in [0.25, 0.3) is 0 Å². The second-order valence-electron chi connectivity index (χ2n) is 14.3. The largest absolute Gasteiger partial charge is 0.507 e. The minimum atomic E-state index is -0.237. The van der Waals surface area contributed by atoms with Crippen molar-refractivity contribution in [2.45, 2.75) is 118 Å². The molecule has 0 fully saturated rings. The molecular weight excluding hydrogens is 460 g/mol. The third kappa shape index (κ3) is 7.83. The zero-order valence-corrected chi connectivity index (χ0v) is 25.1. The van der Waals surface area contributed by atoms with E-state index in [9.17, 15) is 15.0 Å². The van der Waals surface area contributed by atoms with Gasteiger partial charge < -0.3 is 10.2 Å². The van der Waals surface area contributed by atoms with E-state index in [1.54, 1.807) is 6.21 Å². The number of carbonyl (C=O) groups excluding carboxylic acids is 1. The van der Waals surface area contributed by atoms with Crippen molar-refractivity contribution in [3.63, 3.8) is 0 Å². The van der Waals surface area contributed by atoms with Gasteiger partial charge in [0.15, 0.2) is 0 Å². The number of hydrogen-bond donors (Lipinski definition) is 3. The maximum absolute atomic E-state index is 12.6. The Morgan fingerprint density at radius 2 is 1.05 bits per heavy atom. The summed E-state index contributed by atoms with van der Waals surface area (Å²) >= 11 is 0. The van der Waals surface area contributed by atoms with E-state index in [-0.39, 0.29) is 34.0 Å². The van der Waals surface area contributed by atoms with Gasteiger partial charge in [-0.3, -0.25) is 4.79 Å². The van der Waals surface area contributed by atoms with Crippen LogP contribution in [0.5, 0.6) is 11.5 Å². The van der Waals surface area contributed by atoms with E-state index in [4.69, 9.17) is 0 Å². The van der Waals surface area contributed by atoms with Crippen LogP contribution in [-0.4, -0.2) is 22.3 Å². The molecule has 3 N–H and O–H groups in total. The van der Waals surface area contributed by atoms with E-state index >= 15 is 0 Å². The smallest absolute Gasteiger partial charge is 0.240 e. The van der Waals surface area contributed by atoms with Gasteiger partial charge in [0.2, 0.25) is 5.91 Å². The predicted octanol–water partition coefficient (Wildman–Crippen LogP) is 7.37. The molecule has 0 saturated heterocycles. The minimum Gasteiger partial charge on any atom is -0.507 e. The molecule has 5 nitrogen and oxygen atoms in total. The van der Waals surface area contributed by atoms with Gasteiger partial charge in [-0.1, -0.05) is 95.2 Å². The average molecular weight is 509 g/mol. The zero-order chi connectivity index (χ0) is 28.6. The molecule has 0 saturated carbocycles. The van der Waals surface area contributed by atoms with Gasteiger partial charge in [-0.2, -0.15) is 5.10 Å². The average Bonchev–Trinajstić information content (AvgIpc) is 2.70. The fraction of sp³-hybridized carbons (Fsp3) is 0.562. The number of benzene rings is 2. The standard InChI is InChI=1S/C32H48N2O3/c1-29(2,3)22-15-20(16-23(27(22)36)30(4,5)6)13-14-26(35)34-33-19-21-17-24(31(7,8)9)28(37)25(18-21)32(10,11)12/h15-19,36-37H,13-14H2,1-12H3,(H,34,35)/b33-19+. The molecule has 2 aromatic rings. The lowest BCUT2D eigenvalue weighted by Crippen LogP contribution is -2.20. The van der Waals surface area contributed by atoms with E-state index in [0.717, 1.165) is 33.4 Å². The molecule has 0 aromatic heterocycles. The van der Waals surface area contributed by atoms with E-state index in [1.807, 2.05) is 24.3 Å². The van der Waals surface area contributed by atoms with E-state index < -0.39 is 0 Å². The predicted molar refractivity (Wildman–Crippen MR) is 155 cm³/mol. The Labute approximate surface area is 224 Å². The van der Waals surface area contributed by atoms with Gasteiger partial charge in [-0.25, -0.2) is 5.43 Å². The maximum Gasteiger partial charge on any atom is 0.240 e. The number of aromatic hydroxyl groups is 2. The lowest BCUT2D eigenvalue weighted by molar-refractivity contribution is -0.121. The van der Waals surface area contributed by atoms with Crippen molar-refractivity contribution in [2.24, 2.45) is 5.10 Å². The topological polar surface area (TPSA) is 81.9 Å². The molecule has 0 aliphatic rings. The van der Waals surface area contributed by atoms with Crippen LogP contribution in [0.3, 0.4) is 0 Å². The molecular formula is C32H48N2O3. The highest BCUT2D eigenvalue weighted by Crippen LogP contribution is 2.41. The Kier molecular flexibility index (Phi) is 8.64.